The lowest BCUT2D eigenvalue weighted by Gasteiger charge is -2.42. The van der Waals surface area contributed by atoms with Gasteiger partial charge in [0.25, 0.3) is 0 Å². The molecule has 0 bridgehead atoms. The molecule has 13 rings (SSSR count). The van der Waals surface area contributed by atoms with Gasteiger partial charge in [0.15, 0.2) is 0 Å². The summed E-state index contributed by atoms with van der Waals surface area (Å²) in [5, 5.41) is 0.768. The van der Waals surface area contributed by atoms with Gasteiger partial charge in [0, 0.05) is 51.5 Å². The van der Waals surface area contributed by atoms with E-state index in [-0.39, 0.29) is 105 Å². The van der Waals surface area contributed by atoms with Crippen LogP contribution < -0.4 is 14.5 Å². The average molecular weight is 1130 g/mol. The van der Waals surface area contributed by atoms with Crippen molar-refractivity contribution in [2.24, 2.45) is 0 Å². The fourth-order valence-electron chi connectivity index (χ4n) is 12.5. The molecule has 1 aliphatic heterocycles. The summed E-state index contributed by atoms with van der Waals surface area (Å²) in [7, 11) is 0. The number of rotatable bonds is 9. The van der Waals surface area contributed by atoms with Crippen LogP contribution in [0.5, 0.6) is 11.5 Å². The molecule has 2 aromatic heterocycles. The molecule has 0 atom stereocenters. The number of benzene rings is 9. The van der Waals surface area contributed by atoms with E-state index in [0.29, 0.717) is 44.7 Å². The predicted octanol–water partition coefficient (Wildman–Crippen LogP) is 22.1. The second-order valence-electron chi connectivity index (χ2n) is 27.4. The van der Waals surface area contributed by atoms with Crippen LogP contribution in [0.2, 0.25) is 0 Å². The molecular weight excluding hydrogens is 1030 g/mol. The van der Waals surface area contributed by atoms with Gasteiger partial charge in [-0.1, -0.05) is 223 Å². The standard InChI is InChI=1S/C80H80N4O/c1-76(2,3)57-26-21-25-55(43-57)52-33-35-54(36-34-52)64-45-58(77(4,5)6)46-65(56-37-40-67-69(44-56)80(12,13)42-41-79(67,10)11)75(64)83-51-82(71-31-19-20-32-72(71)83)59-27-22-28-60(47-59)85-61-38-39-63-62-29-17-18-30-70(62)84(73(63)48-61)74-49-68(78(7,8)9)66(50-81-74)53-23-15-14-16-24-53/h14-40,43-50H,41-42,51H2,1-13H3/i14D,15D,16D,17D,18D,23D,24D,29D,30D,33D,34D,35D,36D. The summed E-state index contributed by atoms with van der Waals surface area (Å²) >= 11 is 0. The van der Waals surface area contributed by atoms with Crippen molar-refractivity contribution in [1.29, 1.82) is 0 Å². The summed E-state index contributed by atoms with van der Waals surface area (Å²) in [5.74, 6) is 1.11. The first-order chi connectivity index (χ1) is 45.9. The van der Waals surface area contributed by atoms with Crippen molar-refractivity contribution < 1.29 is 22.6 Å². The van der Waals surface area contributed by atoms with Crippen LogP contribution in [0.3, 0.4) is 0 Å². The van der Waals surface area contributed by atoms with E-state index in [1.807, 2.05) is 81.4 Å². The third kappa shape index (κ3) is 10.2. The van der Waals surface area contributed by atoms with Crippen molar-refractivity contribution in [2.45, 2.75) is 130 Å². The molecule has 0 unspecified atom stereocenters. The van der Waals surface area contributed by atoms with Crippen LogP contribution >= 0.6 is 0 Å². The molecule has 0 saturated carbocycles. The van der Waals surface area contributed by atoms with E-state index in [1.165, 1.54) is 17.3 Å². The second-order valence-corrected chi connectivity index (χ2v) is 27.4. The van der Waals surface area contributed by atoms with Gasteiger partial charge in [-0.15, -0.1) is 0 Å². The number of hydrogen-bond acceptors (Lipinski definition) is 4. The molecule has 0 fully saturated rings. The van der Waals surface area contributed by atoms with Gasteiger partial charge in [-0.05, 0) is 156 Å². The number of aromatic nitrogens is 2. The number of pyridine rings is 1. The number of para-hydroxylation sites is 3. The lowest BCUT2D eigenvalue weighted by molar-refractivity contribution is 0.332. The van der Waals surface area contributed by atoms with Crippen molar-refractivity contribution in [3.63, 3.8) is 0 Å². The Bertz CT molecular complexity index is 5130. The highest BCUT2D eigenvalue weighted by Gasteiger charge is 2.39. The predicted molar refractivity (Wildman–Crippen MR) is 360 cm³/mol. The molecule has 0 radical (unpaired) electrons. The summed E-state index contributed by atoms with van der Waals surface area (Å²) in [6.45, 7) is 28.2. The van der Waals surface area contributed by atoms with Crippen LogP contribution in [0.1, 0.15) is 148 Å². The van der Waals surface area contributed by atoms with Gasteiger partial charge in [-0.2, -0.15) is 0 Å². The molecule has 0 N–H and O–H groups in total. The Kier molecular flexibility index (Phi) is 10.2. The molecule has 11 aromatic rings. The SMILES string of the molecule is [2H]c1c([2H])c([2H])c(-c2cnc(-n3c4cc(Oc5cccc(N6CN(c7c(-c8ccc9c(c8)C(C)(C)CCC9(C)C)cc(C(C)(C)C)cc7-c7c([2H])c([2H])c(-c8cccc(C(C)(C)C)c8)c([2H])c7[2H])c7ccccc76)c5)ccc4c4c([2H])c([2H])c([2H])c([2H])c43)cc2C(C)(C)C)c([2H])c1[2H]. The monoisotopic (exact) mass is 1130 g/mol. The van der Waals surface area contributed by atoms with Gasteiger partial charge in [0.2, 0.25) is 0 Å². The van der Waals surface area contributed by atoms with Crippen molar-refractivity contribution in [3.8, 4) is 61.8 Å². The van der Waals surface area contributed by atoms with E-state index in [4.69, 9.17) is 19.3 Å². The Labute approximate surface area is 522 Å². The largest absolute Gasteiger partial charge is 0.457 e. The van der Waals surface area contributed by atoms with Gasteiger partial charge in [-0.25, -0.2) is 4.98 Å². The molecule has 3 heterocycles. The van der Waals surface area contributed by atoms with Gasteiger partial charge >= 0.3 is 0 Å². The van der Waals surface area contributed by atoms with Crippen molar-refractivity contribution in [3.05, 3.63) is 240 Å². The normalized spacial score (nSPS) is 17.0. The highest BCUT2D eigenvalue weighted by atomic mass is 16.5. The lowest BCUT2D eigenvalue weighted by Crippen LogP contribution is -2.33. The number of anilines is 4. The number of nitrogens with zero attached hydrogens (tertiary/aromatic N) is 4. The second kappa shape index (κ2) is 20.5. The first kappa shape index (κ1) is 42.2. The molecule has 426 valence electrons. The molecule has 5 nitrogen and oxygen atoms in total. The van der Waals surface area contributed by atoms with E-state index < -0.39 is 41.0 Å². The third-order valence-corrected chi connectivity index (χ3v) is 17.5. The fourth-order valence-corrected chi connectivity index (χ4v) is 12.5. The highest BCUT2D eigenvalue weighted by Crippen LogP contribution is 2.54. The molecule has 85 heavy (non-hydrogen) atoms. The highest BCUT2D eigenvalue weighted by molar-refractivity contribution is 6.09. The van der Waals surface area contributed by atoms with Crippen LogP contribution in [0.25, 0.3) is 72.1 Å². The molecule has 5 heteroatoms. The Balaban J connectivity index is 0.967. The Hall–Kier alpha value is -8.67. The Morgan fingerprint density at radius 1 is 0.459 bits per heavy atom. The summed E-state index contributed by atoms with van der Waals surface area (Å²) in [6.07, 6.45) is 3.52. The maximum Gasteiger partial charge on any atom is 0.137 e. The molecule has 1 aliphatic carbocycles. The zero-order chi connectivity index (χ0) is 70.7. The van der Waals surface area contributed by atoms with Gasteiger partial charge < -0.3 is 14.5 Å². The maximum absolute atomic E-state index is 10.1. The van der Waals surface area contributed by atoms with E-state index in [2.05, 4.69) is 122 Å². The van der Waals surface area contributed by atoms with Crippen LogP contribution in [0.4, 0.5) is 22.7 Å². The molecule has 9 aromatic carbocycles. The summed E-state index contributed by atoms with van der Waals surface area (Å²) < 4.78 is 128. The van der Waals surface area contributed by atoms with Crippen LogP contribution in [-0.2, 0) is 27.1 Å². The average Bonchev–Trinajstić information content (AvgIpc) is 1.56. The van der Waals surface area contributed by atoms with Crippen LogP contribution in [0, 0.1) is 0 Å². The molecule has 2 aliphatic rings. The van der Waals surface area contributed by atoms with Crippen LogP contribution in [-0.4, -0.2) is 16.2 Å². The van der Waals surface area contributed by atoms with E-state index in [9.17, 15) is 8.22 Å². The van der Waals surface area contributed by atoms with Crippen molar-refractivity contribution in [1.82, 2.24) is 9.55 Å². The quantitative estimate of drug-likeness (QED) is 0.144. The van der Waals surface area contributed by atoms with Crippen molar-refractivity contribution >= 4 is 44.6 Å². The summed E-state index contributed by atoms with van der Waals surface area (Å²) in [6, 6.07) is 37.8. The first-order valence-electron chi connectivity index (χ1n) is 36.0. The molecule has 0 spiro atoms. The minimum atomic E-state index is -0.694. The van der Waals surface area contributed by atoms with Crippen molar-refractivity contribution in [2.75, 3.05) is 16.5 Å². The topological polar surface area (TPSA) is 33.5 Å². The minimum absolute atomic E-state index is 0.00744. The van der Waals surface area contributed by atoms with E-state index in [0.717, 1.165) is 57.8 Å². The Morgan fingerprint density at radius 3 is 1.81 bits per heavy atom. The Morgan fingerprint density at radius 2 is 1.09 bits per heavy atom. The zero-order valence-electron chi connectivity index (χ0n) is 64.0. The van der Waals surface area contributed by atoms with E-state index in [1.54, 1.807) is 28.8 Å². The minimum Gasteiger partial charge on any atom is -0.457 e. The third-order valence-electron chi connectivity index (χ3n) is 17.5. The van der Waals surface area contributed by atoms with Gasteiger partial charge in [0.05, 0.1) is 45.9 Å². The molecular formula is C80H80N4O. The number of fused-ring (bicyclic) bond motifs is 5. The molecule has 0 amide bonds. The zero-order valence-corrected chi connectivity index (χ0v) is 51.0. The number of ether oxygens (including phenoxy) is 1. The summed E-state index contributed by atoms with van der Waals surface area (Å²) in [5.41, 5.74) is 11.3. The summed E-state index contributed by atoms with van der Waals surface area (Å²) in [4.78, 5) is 9.33. The maximum atomic E-state index is 10.1. The van der Waals surface area contributed by atoms with Gasteiger partial charge in [-0.3, -0.25) is 4.57 Å². The smallest absolute Gasteiger partial charge is 0.137 e. The fraction of sp³-hybridized carbons (Fsp3) is 0.263. The van der Waals surface area contributed by atoms with E-state index >= 15 is 0 Å². The van der Waals surface area contributed by atoms with Gasteiger partial charge in [0.1, 0.15) is 24.0 Å². The lowest BCUT2D eigenvalue weighted by atomic mass is 9.63. The first-order valence-corrected chi connectivity index (χ1v) is 29.5. The van der Waals surface area contributed by atoms with Crippen LogP contribution in [0.15, 0.2) is 212 Å². The molecule has 0 saturated heterocycles. The number of hydrogen-bond donors (Lipinski definition) is 0.